The van der Waals surface area contributed by atoms with E-state index in [9.17, 15) is 9.59 Å². The second kappa shape index (κ2) is 7.87. The maximum atomic E-state index is 12.1. The van der Waals surface area contributed by atoms with Crippen LogP contribution < -0.4 is 16.0 Å². The van der Waals surface area contributed by atoms with Crippen LogP contribution in [0.2, 0.25) is 0 Å². The highest BCUT2D eigenvalue weighted by atomic mass is 35.5. The van der Waals surface area contributed by atoms with E-state index in [0.717, 1.165) is 17.8 Å². The molecule has 2 rings (SSSR count). The normalized spacial score (nSPS) is 17.9. The van der Waals surface area contributed by atoms with E-state index in [1.54, 1.807) is 0 Å². The summed E-state index contributed by atoms with van der Waals surface area (Å²) in [7, 11) is 1.88. The number of hydrogen-bond donors (Lipinski definition) is 3. The van der Waals surface area contributed by atoms with E-state index in [1.807, 2.05) is 31.3 Å². The summed E-state index contributed by atoms with van der Waals surface area (Å²) in [6.45, 7) is 1.20. The lowest BCUT2D eigenvalue weighted by Gasteiger charge is -2.21. The lowest BCUT2D eigenvalue weighted by Crippen LogP contribution is -2.40. The number of amides is 2. The molecule has 110 valence electrons. The molecule has 20 heavy (non-hydrogen) atoms. The van der Waals surface area contributed by atoms with E-state index in [0.29, 0.717) is 19.4 Å². The number of piperidine rings is 1. The number of carbonyl (C=O) groups is 2. The quantitative estimate of drug-likeness (QED) is 0.784. The molecule has 0 aliphatic carbocycles. The van der Waals surface area contributed by atoms with Crippen molar-refractivity contribution in [3.8, 4) is 0 Å². The SMILES string of the molecule is CNCc1cccc(NC(=O)C2CCC(=O)NC2)c1.Cl. The topological polar surface area (TPSA) is 70.2 Å². The zero-order chi connectivity index (χ0) is 13.7. The molecule has 0 radical (unpaired) electrons. The predicted octanol–water partition coefficient (Wildman–Crippen LogP) is 1.29. The highest BCUT2D eigenvalue weighted by Crippen LogP contribution is 2.16. The first-order chi connectivity index (χ1) is 9.19. The van der Waals surface area contributed by atoms with Gasteiger partial charge < -0.3 is 16.0 Å². The Morgan fingerprint density at radius 1 is 1.45 bits per heavy atom. The minimum absolute atomic E-state index is 0. The van der Waals surface area contributed by atoms with Crippen LogP contribution in [0.4, 0.5) is 5.69 Å². The number of benzene rings is 1. The molecule has 6 heteroatoms. The number of halogens is 1. The number of carbonyl (C=O) groups excluding carboxylic acids is 2. The molecule has 1 aromatic rings. The van der Waals surface area contributed by atoms with Gasteiger partial charge in [-0.1, -0.05) is 12.1 Å². The van der Waals surface area contributed by atoms with Gasteiger partial charge in [-0.2, -0.15) is 0 Å². The molecule has 3 N–H and O–H groups in total. The Hall–Kier alpha value is -1.59. The molecule has 1 atom stereocenters. The molecular weight excluding hydrogens is 278 g/mol. The molecule has 2 amide bonds. The van der Waals surface area contributed by atoms with Crippen LogP contribution in [-0.4, -0.2) is 25.4 Å². The lowest BCUT2D eigenvalue weighted by atomic mass is 9.98. The fourth-order valence-corrected chi connectivity index (χ4v) is 2.16. The number of nitrogens with one attached hydrogen (secondary N) is 3. The molecule has 1 saturated heterocycles. The Morgan fingerprint density at radius 2 is 2.25 bits per heavy atom. The van der Waals surface area contributed by atoms with Crippen molar-refractivity contribution in [3.63, 3.8) is 0 Å². The summed E-state index contributed by atoms with van der Waals surface area (Å²) in [5, 5.41) is 8.70. The highest BCUT2D eigenvalue weighted by Gasteiger charge is 2.24. The largest absolute Gasteiger partial charge is 0.355 e. The van der Waals surface area contributed by atoms with Gasteiger partial charge in [0.15, 0.2) is 0 Å². The van der Waals surface area contributed by atoms with Crippen molar-refractivity contribution in [2.45, 2.75) is 19.4 Å². The van der Waals surface area contributed by atoms with Gasteiger partial charge in [-0.25, -0.2) is 0 Å². The Morgan fingerprint density at radius 3 is 2.90 bits per heavy atom. The van der Waals surface area contributed by atoms with E-state index in [2.05, 4.69) is 16.0 Å². The number of anilines is 1. The van der Waals surface area contributed by atoms with Gasteiger partial charge in [-0.3, -0.25) is 9.59 Å². The lowest BCUT2D eigenvalue weighted by molar-refractivity contribution is -0.126. The van der Waals surface area contributed by atoms with Gasteiger partial charge in [-0.15, -0.1) is 12.4 Å². The van der Waals surface area contributed by atoms with E-state index >= 15 is 0 Å². The van der Waals surface area contributed by atoms with Gasteiger partial charge >= 0.3 is 0 Å². The standard InChI is InChI=1S/C14H19N3O2.ClH/c1-15-8-10-3-2-4-12(7-10)17-14(19)11-5-6-13(18)16-9-11;/h2-4,7,11,15H,5-6,8-9H2,1H3,(H,16,18)(H,17,19);1H. The van der Waals surface area contributed by atoms with Crippen molar-refractivity contribution < 1.29 is 9.59 Å². The molecular formula is C14H20ClN3O2. The maximum Gasteiger partial charge on any atom is 0.229 e. The first-order valence-electron chi connectivity index (χ1n) is 6.50. The molecule has 0 spiro atoms. The summed E-state index contributed by atoms with van der Waals surface area (Å²) < 4.78 is 0. The Labute approximate surface area is 124 Å². The molecule has 1 fully saturated rings. The van der Waals surface area contributed by atoms with Crippen LogP contribution in [0.15, 0.2) is 24.3 Å². The van der Waals surface area contributed by atoms with Crippen molar-refractivity contribution in [2.24, 2.45) is 5.92 Å². The van der Waals surface area contributed by atoms with Crippen molar-refractivity contribution in [2.75, 3.05) is 18.9 Å². The smallest absolute Gasteiger partial charge is 0.229 e. The van der Waals surface area contributed by atoms with Crippen LogP contribution >= 0.6 is 12.4 Å². The fraction of sp³-hybridized carbons (Fsp3) is 0.429. The van der Waals surface area contributed by atoms with Crippen molar-refractivity contribution in [3.05, 3.63) is 29.8 Å². The van der Waals surface area contributed by atoms with Crippen molar-refractivity contribution in [1.82, 2.24) is 10.6 Å². The van der Waals surface area contributed by atoms with Gasteiger partial charge in [0.1, 0.15) is 0 Å². The second-order valence-corrected chi connectivity index (χ2v) is 4.76. The van der Waals surface area contributed by atoms with Gasteiger partial charge in [-0.05, 0) is 31.2 Å². The van der Waals surface area contributed by atoms with Crippen LogP contribution in [0.5, 0.6) is 0 Å². The molecule has 1 aliphatic heterocycles. The third kappa shape index (κ3) is 4.51. The zero-order valence-electron chi connectivity index (χ0n) is 11.4. The summed E-state index contributed by atoms with van der Waals surface area (Å²) in [6.07, 6.45) is 1.05. The van der Waals surface area contributed by atoms with E-state index in [1.165, 1.54) is 0 Å². The van der Waals surface area contributed by atoms with Crippen LogP contribution in [0.3, 0.4) is 0 Å². The zero-order valence-corrected chi connectivity index (χ0v) is 12.3. The average Bonchev–Trinajstić information content (AvgIpc) is 2.40. The summed E-state index contributed by atoms with van der Waals surface area (Å²) >= 11 is 0. The van der Waals surface area contributed by atoms with Gasteiger partial charge in [0, 0.05) is 25.2 Å². The average molecular weight is 298 g/mol. The third-order valence-corrected chi connectivity index (χ3v) is 3.21. The van der Waals surface area contributed by atoms with Gasteiger partial charge in [0.2, 0.25) is 11.8 Å². The molecule has 0 bridgehead atoms. The van der Waals surface area contributed by atoms with Crippen LogP contribution in [0.25, 0.3) is 0 Å². The van der Waals surface area contributed by atoms with E-state index < -0.39 is 0 Å². The Balaban J connectivity index is 0.00000200. The molecule has 1 aliphatic rings. The maximum absolute atomic E-state index is 12.1. The summed E-state index contributed by atoms with van der Waals surface area (Å²) in [5.41, 5.74) is 1.92. The van der Waals surface area contributed by atoms with Gasteiger partial charge in [0.25, 0.3) is 0 Å². The summed E-state index contributed by atoms with van der Waals surface area (Å²) in [6, 6.07) is 7.76. The first-order valence-corrected chi connectivity index (χ1v) is 6.50. The molecule has 5 nitrogen and oxygen atoms in total. The van der Waals surface area contributed by atoms with Crippen LogP contribution in [0, 0.1) is 5.92 Å². The fourth-order valence-electron chi connectivity index (χ4n) is 2.16. The minimum atomic E-state index is -0.134. The minimum Gasteiger partial charge on any atom is -0.355 e. The first kappa shape index (κ1) is 16.5. The van der Waals surface area contributed by atoms with Crippen LogP contribution in [0.1, 0.15) is 18.4 Å². The van der Waals surface area contributed by atoms with Crippen molar-refractivity contribution >= 4 is 29.9 Å². The van der Waals surface area contributed by atoms with Crippen LogP contribution in [-0.2, 0) is 16.1 Å². The summed E-state index contributed by atoms with van der Waals surface area (Å²) in [5.74, 6) is -0.132. The second-order valence-electron chi connectivity index (χ2n) is 4.76. The Bertz CT molecular complexity index is 469. The van der Waals surface area contributed by atoms with E-state index in [4.69, 9.17) is 0 Å². The number of rotatable bonds is 4. The molecule has 0 aromatic heterocycles. The monoisotopic (exact) mass is 297 g/mol. The molecule has 1 aromatic carbocycles. The molecule has 1 heterocycles. The Kier molecular flexibility index (Phi) is 6.48. The van der Waals surface area contributed by atoms with E-state index in [-0.39, 0.29) is 30.1 Å². The number of hydrogen-bond acceptors (Lipinski definition) is 3. The molecule has 0 saturated carbocycles. The van der Waals surface area contributed by atoms with Gasteiger partial charge in [0.05, 0.1) is 5.92 Å². The third-order valence-electron chi connectivity index (χ3n) is 3.21. The molecule has 1 unspecified atom stereocenters. The predicted molar refractivity (Wildman–Crippen MR) is 80.8 cm³/mol. The highest BCUT2D eigenvalue weighted by molar-refractivity contribution is 5.94. The summed E-state index contributed by atoms with van der Waals surface area (Å²) in [4.78, 5) is 23.1. The van der Waals surface area contributed by atoms with Crippen molar-refractivity contribution in [1.29, 1.82) is 0 Å².